The molecule has 0 aromatic carbocycles. The van der Waals surface area contributed by atoms with Gasteiger partial charge in [-0.05, 0) is 31.4 Å². The van der Waals surface area contributed by atoms with Gasteiger partial charge < -0.3 is 9.53 Å². The lowest BCUT2D eigenvalue weighted by molar-refractivity contribution is -0.149. The molecule has 0 aliphatic carbocycles. The Morgan fingerprint density at radius 3 is 3.00 bits per heavy atom. The van der Waals surface area contributed by atoms with Gasteiger partial charge in [-0.1, -0.05) is 6.07 Å². The molecule has 1 aromatic rings. The molecule has 86 valence electrons. The predicted octanol–water partition coefficient (Wildman–Crippen LogP) is 1.39. The van der Waals surface area contributed by atoms with E-state index in [4.69, 9.17) is 4.74 Å². The Hall–Kier alpha value is -1.71. The number of pyridine rings is 1. The molecule has 4 nitrogen and oxygen atoms in total. The van der Waals surface area contributed by atoms with Gasteiger partial charge in [0.25, 0.3) is 0 Å². The van der Waals surface area contributed by atoms with E-state index in [0.29, 0.717) is 25.7 Å². The molecule has 0 aliphatic heterocycles. The monoisotopic (exact) mass is 221 g/mol. The van der Waals surface area contributed by atoms with E-state index >= 15 is 0 Å². The molecule has 0 saturated carbocycles. The highest BCUT2D eigenvalue weighted by Gasteiger charge is 2.18. The van der Waals surface area contributed by atoms with Gasteiger partial charge in [0, 0.05) is 12.4 Å². The van der Waals surface area contributed by atoms with Gasteiger partial charge in [-0.25, -0.2) is 0 Å². The zero-order valence-electron chi connectivity index (χ0n) is 9.26. The van der Waals surface area contributed by atoms with Crippen LogP contribution in [0.5, 0.6) is 0 Å². The second-order valence-electron chi connectivity index (χ2n) is 3.39. The van der Waals surface area contributed by atoms with Crippen molar-refractivity contribution in [2.75, 3.05) is 6.61 Å². The quantitative estimate of drug-likeness (QED) is 0.414. The number of esters is 1. The van der Waals surface area contributed by atoms with Crippen molar-refractivity contribution in [3.05, 3.63) is 30.1 Å². The summed E-state index contributed by atoms with van der Waals surface area (Å²) in [6.07, 6.45) is 5.18. The second-order valence-corrected chi connectivity index (χ2v) is 3.39. The molecule has 1 heterocycles. The summed E-state index contributed by atoms with van der Waals surface area (Å²) in [6.45, 7) is 2.02. The van der Waals surface area contributed by atoms with Gasteiger partial charge in [-0.15, -0.1) is 0 Å². The van der Waals surface area contributed by atoms with E-state index < -0.39 is 11.9 Å². The first kappa shape index (κ1) is 12.4. The Morgan fingerprint density at radius 1 is 1.62 bits per heavy atom. The van der Waals surface area contributed by atoms with Gasteiger partial charge in [0.05, 0.1) is 6.61 Å². The molecule has 1 aromatic heterocycles. The first-order valence-corrected chi connectivity index (χ1v) is 5.28. The number of aryl methyl sites for hydroxylation is 1. The molecule has 4 heteroatoms. The molecule has 0 fully saturated rings. The van der Waals surface area contributed by atoms with E-state index in [0.717, 1.165) is 5.56 Å². The van der Waals surface area contributed by atoms with E-state index in [9.17, 15) is 9.59 Å². The lowest BCUT2D eigenvalue weighted by atomic mass is 10.0. The van der Waals surface area contributed by atoms with Crippen molar-refractivity contribution in [1.82, 2.24) is 4.98 Å². The Kier molecular flexibility index (Phi) is 5.19. The van der Waals surface area contributed by atoms with E-state index in [1.165, 1.54) is 0 Å². The number of ether oxygens (including phenoxy) is 1. The number of aldehydes is 1. The lowest BCUT2D eigenvalue weighted by Gasteiger charge is -2.08. The number of rotatable bonds is 6. The second kappa shape index (κ2) is 6.71. The lowest BCUT2D eigenvalue weighted by Crippen LogP contribution is -2.19. The van der Waals surface area contributed by atoms with E-state index in [1.54, 1.807) is 19.3 Å². The van der Waals surface area contributed by atoms with Crippen LogP contribution in [0.1, 0.15) is 18.9 Å². The Labute approximate surface area is 94.6 Å². The molecule has 0 spiro atoms. The number of aromatic nitrogens is 1. The van der Waals surface area contributed by atoms with Crippen LogP contribution in [0.3, 0.4) is 0 Å². The first-order chi connectivity index (χ1) is 7.77. The van der Waals surface area contributed by atoms with Gasteiger partial charge >= 0.3 is 5.97 Å². The fraction of sp³-hybridized carbons (Fsp3) is 0.417. The van der Waals surface area contributed by atoms with Gasteiger partial charge in [0.15, 0.2) is 0 Å². The first-order valence-electron chi connectivity index (χ1n) is 5.28. The summed E-state index contributed by atoms with van der Waals surface area (Å²) in [5.74, 6) is -1.11. The molecule has 1 atom stereocenters. The van der Waals surface area contributed by atoms with Crippen molar-refractivity contribution in [1.29, 1.82) is 0 Å². The molecule has 0 saturated heterocycles. The Balaban J connectivity index is 2.46. The molecular formula is C12H15NO3. The van der Waals surface area contributed by atoms with E-state index in [-0.39, 0.29) is 0 Å². The highest BCUT2D eigenvalue weighted by atomic mass is 16.5. The summed E-state index contributed by atoms with van der Waals surface area (Å²) < 4.78 is 4.80. The van der Waals surface area contributed by atoms with Gasteiger partial charge in [-0.2, -0.15) is 0 Å². The minimum absolute atomic E-state index is 0.302. The minimum atomic E-state index is -0.667. The highest BCUT2D eigenvalue weighted by molar-refractivity contribution is 5.87. The standard InChI is InChI=1S/C12H15NO3/c1-2-16-12(15)11(9-14)6-5-10-4-3-7-13-8-10/h3-4,7-9,11H,2,5-6H2,1H3. The topological polar surface area (TPSA) is 56.3 Å². The average molecular weight is 221 g/mol. The number of carbonyl (C=O) groups is 2. The normalized spacial score (nSPS) is 11.8. The fourth-order valence-corrected chi connectivity index (χ4v) is 1.36. The summed E-state index contributed by atoms with van der Waals surface area (Å²) in [5.41, 5.74) is 1.01. The van der Waals surface area contributed by atoms with Crippen LogP contribution in [0, 0.1) is 5.92 Å². The van der Waals surface area contributed by atoms with Crippen molar-refractivity contribution < 1.29 is 14.3 Å². The van der Waals surface area contributed by atoms with Gasteiger partial charge in [-0.3, -0.25) is 9.78 Å². The SMILES string of the molecule is CCOC(=O)C(C=O)CCc1cccnc1. The van der Waals surface area contributed by atoms with Crippen LogP contribution in [-0.4, -0.2) is 23.8 Å². The molecule has 1 rings (SSSR count). The van der Waals surface area contributed by atoms with Crippen LogP contribution in [-0.2, 0) is 20.7 Å². The number of carbonyl (C=O) groups excluding carboxylic acids is 2. The molecule has 0 radical (unpaired) electrons. The maximum absolute atomic E-state index is 11.3. The van der Waals surface area contributed by atoms with Gasteiger partial charge in [0.1, 0.15) is 12.2 Å². The largest absolute Gasteiger partial charge is 0.465 e. The van der Waals surface area contributed by atoms with E-state index in [2.05, 4.69) is 4.98 Å². The summed E-state index contributed by atoms with van der Waals surface area (Å²) >= 11 is 0. The summed E-state index contributed by atoms with van der Waals surface area (Å²) in [7, 11) is 0. The summed E-state index contributed by atoms with van der Waals surface area (Å²) in [6, 6.07) is 3.75. The van der Waals surface area contributed by atoms with Gasteiger partial charge in [0.2, 0.25) is 0 Å². The molecule has 0 aliphatic rings. The molecular weight excluding hydrogens is 206 g/mol. The number of nitrogens with zero attached hydrogens (tertiary/aromatic N) is 1. The van der Waals surface area contributed by atoms with Crippen molar-refractivity contribution in [2.45, 2.75) is 19.8 Å². The zero-order valence-corrected chi connectivity index (χ0v) is 9.26. The fourth-order valence-electron chi connectivity index (χ4n) is 1.36. The maximum Gasteiger partial charge on any atom is 0.316 e. The predicted molar refractivity (Wildman–Crippen MR) is 58.7 cm³/mol. The molecule has 0 N–H and O–H groups in total. The third-order valence-corrected chi connectivity index (χ3v) is 2.22. The summed E-state index contributed by atoms with van der Waals surface area (Å²) in [4.78, 5) is 26.0. The summed E-state index contributed by atoms with van der Waals surface area (Å²) in [5, 5.41) is 0. The maximum atomic E-state index is 11.3. The number of hydrogen-bond donors (Lipinski definition) is 0. The van der Waals surface area contributed by atoms with Crippen LogP contribution in [0.25, 0.3) is 0 Å². The third kappa shape index (κ3) is 3.81. The van der Waals surface area contributed by atoms with E-state index in [1.807, 2.05) is 12.1 Å². The van der Waals surface area contributed by atoms with Crippen LogP contribution < -0.4 is 0 Å². The Morgan fingerprint density at radius 2 is 2.44 bits per heavy atom. The zero-order chi connectivity index (χ0) is 11.8. The van der Waals surface area contributed by atoms with Crippen molar-refractivity contribution in [3.8, 4) is 0 Å². The molecule has 0 amide bonds. The third-order valence-electron chi connectivity index (χ3n) is 2.22. The number of hydrogen-bond acceptors (Lipinski definition) is 4. The van der Waals surface area contributed by atoms with Crippen molar-refractivity contribution in [3.63, 3.8) is 0 Å². The van der Waals surface area contributed by atoms with Crippen molar-refractivity contribution >= 4 is 12.3 Å². The molecule has 1 unspecified atom stereocenters. The van der Waals surface area contributed by atoms with Crippen LogP contribution in [0.2, 0.25) is 0 Å². The van der Waals surface area contributed by atoms with Crippen LogP contribution >= 0.6 is 0 Å². The van der Waals surface area contributed by atoms with Crippen LogP contribution in [0.4, 0.5) is 0 Å². The molecule has 16 heavy (non-hydrogen) atoms. The average Bonchev–Trinajstić information content (AvgIpc) is 2.31. The Bertz CT molecular complexity index is 337. The van der Waals surface area contributed by atoms with Crippen molar-refractivity contribution in [2.24, 2.45) is 5.92 Å². The van der Waals surface area contributed by atoms with Crippen LogP contribution in [0.15, 0.2) is 24.5 Å². The molecule has 0 bridgehead atoms. The smallest absolute Gasteiger partial charge is 0.316 e. The highest BCUT2D eigenvalue weighted by Crippen LogP contribution is 2.09. The minimum Gasteiger partial charge on any atom is -0.465 e.